The Labute approximate surface area is 310 Å². The van der Waals surface area contributed by atoms with Crippen LogP contribution < -0.4 is 19.8 Å². The highest BCUT2D eigenvalue weighted by atomic mass is 31.2. The quantitative estimate of drug-likeness (QED) is 0.124. The van der Waals surface area contributed by atoms with Crippen molar-refractivity contribution in [1.82, 2.24) is 15.0 Å². The van der Waals surface area contributed by atoms with Gasteiger partial charge in [0.05, 0.1) is 6.04 Å². The summed E-state index contributed by atoms with van der Waals surface area (Å²) in [4.78, 5) is 17.8. The molecule has 0 saturated heterocycles. The van der Waals surface area contributed by atoms with Crippen LogP contribution in [0.25, 0.3) is 11.4 Å². The van der Waals surface area contributed by atoms with Crippen LogP contribution in [0, 0.1) is 0 Å². The number of benzene rings is 6. The van der Waals surface area contributed by atoms with Crippen LogP contribution >= 0.6 is 7.44 Å². The van der Waals surface area contributed by atoms with Crippen molar-refractivity contribution in [3.8, 4) is 11.4 Å². The highest BCUT2D eigenvalue weighted by Crippen LogP contribution is 2.62. The van der Waals surface area contributed by atoms with Crippen LogP contribution in [0.5, 0.6) is 0 Å². The molecule has 7 nitrogen and oxygen atoms in total. The molecule has 8 rings (SSSR count). The standard InChI is InChI=1S/C45H37N6OP/c52-53(50(39-28-14-4-15-29-39)40-30-16-5-17-31-40,51(41-32-18-6-19-33-41)42-34-20-7-21-35-42)45-47-43(36-22-8-1-9-23-36)46-44(48-45)49(37-24-10-2-11-25-37)38-26-12-3-13-27-38/h1-26,28-35,38H,27H2. The molecule has 0 spiro atoms. The molecule has 7 aromatic rings. The fourth-order valence-electron chi connectivity index (χ4n) is 6.58. The number of aromatic nitrogens is 3. The van der Waals surface area contributed by atoms with Gasteiger partial charge in [-0.1, -0.05) is 146 Å². The Bertz CT molecular complexity index is 2190. The van der Waals surface area contributed by atoms with Crippen molar-refractivity contribution in [2.24, 2.45) is 0 Å². The van der Waals surface area contributed by atoms with Gasteiger partial charge in [0.15, 0.2) is 5.82 Å². The number of nitrogens with zero attached hydrogens (tertiary/aromatic N) is 6. The average molecular weight is 709 g/mol. The van der Waals surface area contributed by atoms with Crippen LogP contribution in [0.2, 0.25) is 0 Å². The second-order valence-corrected chi connectivity index (χ2v) is 14.7. The molecule has 0 saturated carbocycles. The molecule has 0 bridgehead atoms. The van der Waals surface area contributed by atoms with Crippen LogP contribution in [-0.2, 0) is 4.57 Å². The van der Waals surface area contributed by atoms with Gasteiger partial charge in [0.1, 0.15) is 0 Å². The first kappa shape index (κ1) is 33.6. The zero-order valence-corrected chi connectivity index (χ0v) is 29.8. The maximum Gasteiger partial charge on any atom is 0.338 e. The SMILES string of the molecule is O=P(c1nc(-c2ccccc2)nc(N(c2ccccc2)C2C=CC=CC2)n1)(N(c1ccccc1)c1ccccc1)N(c1ccccc1)c1ccccc1. The molecule has 1 aliphatic rings. The molecule has 1 aliphatic carbocycles. The average Bonchev–Trinajstić information content (AvgIpc) is 3.24. The van der Waals surface area contributed by atoms with Gasteiger partial charge >= 0.3 is 7.44 Å². The van der Waals surface area contributed by atoms with Crippen LogP contribution in [0.15, 0.2) is 206 Å². The molecule has 0 amide bonds. The summed E-state index contributed by atoms with van der Waals surface area (Å²) in [6.07, 6.45) is 9.14. The lowest BCUT2D eigenvalue weighted by Gasteiger charge is -2.41. The van der Waals surface area contributed by atoms with Gasteiger partial charge in [-0.2, -0.15) is 9.97 Å². The lowest BCUT2D eigenvalue weighted by atomic mass is 10.1. The van der Waals surface area contributed by atoms with Gasteiger partial charge < -0.3 is 4.90 Å². The Morgan fingerprint density at radius 3 is 1.30 bits per heavy atom. The van der Waals surface area contributed by atoms with Crippen LogP contribution in [0.3, 0.4) is 0 Å². The van der Waals surface area contributed by atoms with E-state index in [1.54, 1.807) is 0 Å². The third kappa shape index (κ3) is 6.90. The molecule has 258 valence electrons. The summed E-state index contributed by atoms with van der Waals surface area (Å²) in [6.45, 7) is 0. The summed E-state index contributed by atoms with van der Waals surface area (Å²) in [5.41, 5.74) is 4.73. The van der Waals surface area contributed by atoms with E-state index in [1.165, 1.54) is 0 Å². The Balaban J connectivity index is 1.49. The molecular weight excluding hydrogens is 672 g/mol. The van der Waals surface area contributed by atoms with Crippen molar-refractivity contribution in [1.29, 1.82) is 0 Å². The molecule has 1 unspecified atom stereocenters. The zero-order chi connectivity index (χ0) is 35.9. The van der Waals surface area contributed by atoms with E-state index in [0.717, 1.165) is 40.4 Å². The van der Waals surface area contributed by atoms with Gasteiger partial charge in [-0.15, -0.1) is 0 Å². The maximum absolute atomic E-state index is 17.3. The number of para-hydroxylation sites is 5. The maximum atomic E-state index is 17.3. The van der Waals surface area contributed by atoms with Gasteiger partial charge in [0, 0.05) is 34.0 Å². The predicted molar refractivity (Wildman–Crippen MR) is 218 cm³/mol. The molecule has 1 atom stereocenters. The Hall–Kier alpha value is -6.56. The van der Waals surface area contributed by atoms with Gasteiger partial charge in [0.25, 0.3) is 0 Å². The van der Waals surface area contributed by atoms with Gasteiger partial charge in [-0.25, -0.2) is 4.98 Å². The lowest BCUT2D eigenvalue weighted by molar-refractivity contribution is 0.579. The molecular formula is C45H37N6OP. The summed E-state index contributed by atoms with van der Waals surface area (Å²) < 4.78 is 21.1. The number of hydrogen-bond donors (Lipinski definition) is 0. The fourth-order valence-corrected chi connectivity index (χ4v) is 9.35. The lowest BCUT2D eigenvalue weighted by Crippen LogP contribution is -2.38. The minimum absolute atomic E-state index is 0.0978. The van der Waals surface area contributed by atoms with E-state index in [-0.39, 0.29) is 11.6 Å². The van der Waals surface area contributed by atoms with E-state index >= 15 is 4.57 Å². The molecule has 0 fully saturated rings. The molecule has 0 N–H and O–H groups in total. The molecule has 6 aromatic carbocycles. The van der Waals surface area contributed by atoms with E-state index in [0.29, 0.717) is 11.8 Å². The Morgan fingerprint density at radius 2 is 0.887 bits per heavy atom. The number of anilines is 6. The van der Waals surface area contributed by atoms with Gasteiger partial charge in [-0.05, 0) is 67.1 Å². The van der Waals surface area contributed by atoms with Crippen molar-refractivity contribution in [2.45, 2.75) is 12.5 Å². The first-order valence-corrected chi connectivity index (χ1v) is 19.2. The Kier molecular flexibility index (Phi) is 9.73. The first-order chi connectivity index (χ1) is 26.2. The number of rotatable bonds is 11. The van der Waals surface area contributed by atoms with Crippen molar-refractivity contribution in [3.63, 3.8) is 0 Å². The fraction of sp³-hybridized carbons (Fsp3) is 0.0444. The highest BCUT2D eigenvalue weighted by Gasteiger charge is 2.46. The predicted octanol–water partition coefficient (Wildman–Crippen LogP) is 11.1. The molecule has 8 heteroatoms. The van der Waals surface area contributed by atoms with E-state index < -0.39 is 7.44 Å². The number of allylic oxidation sites excluding steroid dienone is 2. The molecule has 1 heterocycles. The second kappa shape index (κ2) is 15.4. The first-order valence-electron chi connectivity index (χ1n) is 17.6. The highest BCUT2D eigenvalue weighted by molar-refractivity contribution is 7.74. The summed E-state index contributed by atoms with van der Waals surface area (Å²) in [7, 11) is -4.18. The second-order valence-electron chi connectivity index (χ2n) is 12.5. The van der Waals surface area contributed by atoms with Crippen LogP contribution in [0.4, 0.5) is 34.4 Å². The third-order valence-corrected chi connectivity index (χ3v) is 11.7. The summed E-state index contributed by atoms with van der Waals surface area (Å²) in [5, 5.41) is 0. The van der Waals surface area contributed by atoms with E-state index in [2.05, 4.69) is 35.3 Å². The van der Waals surface area contributed by atoms with Crippen molar-refractivity contribution < 1.29 is 4.57 Å². The van der Waals surface area contributed by atoms with E-state index in [4.69, 9.17) is 15.0 Å². The number of hydrogen-bond acceptors (Lipinski definition) is 5. The van der Waals surface area contributed by atoms with Crippen LogP contribution in [-0.4, -0.2) is 21.0 Å². The third-order valence-electron chi connectivity index (χ3n) is 8.99. The van der Waals surface area contributed by atoms with Crippen LogP contribution in [0.1, 0.15) is 6.42 Å². The normalized spacial score (nSPS) is 13.7. The zero-order valence-electron chi connectivity index (χ0n) is 29.0. The minimum atomic E-state index is -4.18. The largest absolute Gasteiger partial charge is 0.338 e. The van der Waals surface area contributed by atoms with Crippen molar-refractivity contribution >= 4 is 47.4 Å². The van der Waals surface area contributed by atoms with Crippen molar-refractivity contribution in [2.75, 3.05) is 14.2 Å². The van der Waals surface area contributed by atoms with Crippen molar-refractivity contribution in [3.05, 3.63) is 206 Å². The smallest absolute Gasteiger partial charge is 0.303 e. The topological polar surface area (TPSA) is 65.5 Å². The van der Waals surface area contributed by atoms with E-state index in [9.17, 15) is 0 Å². The molecule has 0 radical (unpaired) electrons. The summed E-state index contributed by atoms with van der Waals surface area (Å²) in [5.74, 6) is 0.816. The molecule has 1 aromatic heterocycles. The molecule has 0 aliphatic heterocycles. The monoisotopic (exact) mass is 708 g/mol. The minimum Gasteiger partial charge on any atom is -0.303 e. The summed E-state index contributed by atoms with van der Waals surface area (Å²) >= 11 is 0. The van der Waals surface area contributed by atoms with Gasteiger partial charge in [0.2, 0.25) is 11.5 Å². The Morgan fingerprint density at radius 1 is 0.472 bits per heavy atom. The molecule has 53 heavy (non-hydrogen) atoms. The van der Waals surface area contributed by atoms with Gasteiger partial charge in [-0.3, -0.25) is 13.9 Å². The summed E-state index contributed by atoms with van der Waals surface area (Å²) in [6, 6.07) is 59.2. The van der Waals surface area contributed by atoms with E-state index in [1.807, 2.05) is 185 Å².